The summed E-state index contributed by atoms with van der Waals surface area (Å²) in [5.74, 6) is -1.36. The molecule has 0 spiro atoms. The maximum Gasteiger partial charge on any atom is 0.416 e. The number of rotatable bonds is 10. The van der Waals surface area contributed by atoms with E-state index in [1.807, 2.05) is 6.92 Å². The van der Waals surface area contributed by atoms with Gasteiger partial charge in [-0.05, 0) is 49.2 Å². The zero-order valence-corrected chi connectivity index (χ0v) is 23.2. The van der Waals surface area contributed by atoms with E-state index in [1.165, 1.54) is 19.1 Å². The number of sulfonamides is 1. The summed E-state index contributed by atoms with van der Waals surface area (Å²) in [6.45, 7) is 2.55. The van der Waals surface area contributed by atoms with E-state index in [-0.39, 0.29) is 21.6 Å². The van der Waals surface area contributed by atoms with Gasteiger partial charge in [0.1, 0.15) is 12.6 Å². The Morgan fingerprint density at radius 1 is 1.03 bits per heavy atom. The number of halogens is 6. The molecule has 204 valence electrons. The second-order valence-corrected chi connectivity index (χ2v) is 11.3. The van der Waals surface area contributed by atoms with Crippen molar-refractivity contribution in [2.24, 2.45) is 0 Å². The van der Waals surface area contributed by atoms with Crippen LogP contribution in [0, 0.1) is 0 Å². The summed E-state index contributed by atoms with van der Waals surface area (Å²) in [4.78, 5) is 27.3. The molecule has 2 rings (SSSR count). The molecular formula is C23H25Cl3F3N3O4S. The second kappa shape index (κ2) is 12.6. The van der Waals surface area contributed by atoms with Crippen LogP contribution < -0.4 is 9.62 Å². The maximum absolute atomic E-state index is 13.5. The molecule has 2 aromatic carbocycles. The Bertz CT molecular complexity index is 1260. The highest BCUT2D eigenvalue weighted by molar-refractivity contribution is 7.92. The molecule has 0 fully saturated rings. The van der Waals surface area contributed by atoms with E-state index < -0.39 is 51.9 Å². The van der Waals surface area contributed by atoms with Crippen LogP contribution in [0.3, 0.4) is 0 Å². The topological polar surface area (TPSA) is 86.8 Å². The summed E-state index contributed by atoms with van der Waals surface area (Å²) in [5.41, 5.74) is -1.18. The number of hydrogen-bond acceptors (Lipinski definition) is 4. The third-order valence-corrected chi connectivity index (χ3v) is 7.46. The quantitative estimate of drug-likeness (QED) is 0.396. The van der Waals surface area contributed by atoms with Crippen molar-refractivity contribution in [3.05, 3.63) is 62.6 Å². The van der Waals surface area contributed by atoms with Crippen LogP contribution in [0.1, 0.15) is 31.4 Å². The molecule has 1 N–H and O–H groups in total. The molecule has 1 atom stereocenters. The number of hydrogen-bond donors (Lipinski definition) is 1. The lowest BCUT2D eigenvalue weighted by Gasteiger charge is -2.32. The maximum atomic E-state index is 13.5. The molecule has 1 unspecified atom stereocenters. The first-order chi connectivity index (χ1) is 17.1. The van der Waals surface area contributed by atoms with E-state index in [9.17, 15) is 31.2 Å². The molecule has 7 nitrogen and oxygen atoms in total. The lowest BCUT2D eigenvalue weighted by Crippen LogP contribution is -2.51. The minimum absolute atomic E-state index is 0.162. The largest absolute Gasteiger partial charge is 0.416 e. The van der Waals surface area contributed by atoms with Gasteiger partial charge in [0, 0.05) is 13.1 Å². The van der Waals surface area contributed by atoms with Crippen molar-refractivity contribution in [3.8, 4) is 0 Å². The normalized spacial score (nSPS) is 12.7. The Balaban J connectivity index is 2.50. The first kappa shape index (κ1) is 31.0. The monoisotopic (exact) mass is 601 g/mol. The lowest BCUT2D eigenvalue weighted by atomic mass is 10.1. The molecule has 0 heterocycles. The lowest BCUT2D eigenvalue weighted by molar-refractivity contribution is -0.139. The molecule has 0 saturated heterocycles. The molecule has 0 aliphatic heterocycles. The highest BCUT2D eigenvalue weighted by atomic mass is 35.5. The summed E-state index contributed by atoms with van der Waals surface area (Å²) in [5, 5.41) is 2.82. The molecule has 0 aliphatic rings. The number of nitrogens with one attached hydrogen (secondary N) is 1. The van der Waals surface area contributed by atoms with Gasteiger partial charge in [-0.1, -0.05) is 47.8 Å². The standard InChI is InChI=1S/C23H25Cl3F3N3O4S/c1-4-9-30-22(34)14(2)31(12-15-5-7-17(24)19(26)10-15)21(33)13-32(37(3,35)36)20-11-16(23(27,28)29)6-8-18(20)25/h5-8,10-11,14H,4,9,12-13H2,1-3H3,(H,30,34). The van der Waals surface area contributed by atoms with Crippen molar-refractivity contribution >= 4 is 62.3 Å². The highest BCUT2D eigenvalue weighted by Crippen LogP contribution is 2.36. The molecule has 0 aromatic heterocycles. The molecular weight excluding hydrogens is 578 g/mol. The number of amides is 2. The van der Waals surface area contributed by atoms with Gasteiger partial charge in [-0.15, -0.1) is 0 Å². The van der Waals surface area contributed by atoms with Crippen LogP contribution in [0.2, 0.25) is 15.1 Å². The number of nitrogens with zero attached hydrogens (tertiary/aromatic N) is 2. The van der Waals surface area contributed by atoms with Gasteiger partial charge in [0.05, 0.1) is 32.6 Å². The van der Waals surface area contributed by atoms with E-state index in [0.717, 1.165) is 17.2 Å². The minimum Gasteiger partial charge on any atom is -0.354 e. The van der Waals surface area contributed by atoms with E-state index in [2.05, 4.69) is 5.32 Å². The number of carbonyl (C=O) groups excluding carboxylic acids is 2. The van der Waals surface area contributed by atoms with Crippen molar-refractivity contribution in [3.63, 3.8) is 0 Å². The number of alkyl halides is 3. The predicted molar refractivity (Wildman–Crippen MR) is 138 cm³/mol. The fourth-order valence-corrected chi connectivity index (χ4v) is 4.73. The molecule has 2 aromatic rings. The minimum atomic E-state index is -4.78. The van der Waals surface area contributed by atoms with Crippen molar-refractivity contribution in [1.82, 2.24) is 10.2 Å². The van der Waals surface area contributed by atoms with Gasteiger partial charge in [0.15, 0.2) is 0 Å². The van der Waals surface area contributed by atoms with Crippen LogP contribution in [0.4, 0.5) is 18.9 Å². The molecule has 0 radical (unpaired) electrons. The smallest absolute Gasteiger partial charge is 0.354 e. The number of anilines is 1. The van der Waals surface area contributed by atoms with Gasteiger partial charge in [0.2, 0.25) is 21.8 Å². The van der Waals surface area contributed by atoms with Crippen LogP contribution in [0.15, 0.2) is 36.4 Å². The third-order valence-electron chi connectivity index (χ3n) is 5.27. The van der Waals surface area contributed by atoms with Crippen molar-refractivity contribution < 1.29 is 31.2 Å². The van der Waals surface area contributed by atoms with Gasteiger partial charge in [-0.2, -0.15) is 13.2 Å². The average Bonchev–Trinajstić information content (AvgIpc) is 2.80. The number of benzene rings is 2. The first-order valence-electron chi connectivity index (χ1n) is 10.9. The van der Waals surface area contributed by atoms with Gasteiger partial charge >= 0.3 is 6.18 Å². The Kier molecular flexibility index (Phi) is 10.5. The highest BCUT2D eigenvalue weighted by Gasteiger charge is 2.34. The molecule has 37 heavy (non-hydrogen) atoms. The third kappa shape index (κ3) is 8.39. The van der Waals surface area contributed by atoms with Crippen LogP contribution in [-0.2, 0) is 32.3 Å². The zero-order valence-electron chi connectivity index (χ0n) is 20.1. The van der Waals surface area contributed by atoms with Gasteiger partial charge in [-0.3, -0.25) is 13.9 Å². The fourth-order valence-electron chi connectivity index (χ4n) is 3.29. The van der Waals surface area contributed by atoms with Crippen LogP contribution >= 0.6 is 34.8 Å². The van der Waals surface area contributed by atoms with Crippen LogP contribution in [0.5, 0.6) is 0 Å². The van der Waals surface area contributed by atoms with Crippen molar-refractivity contribution in [2.45, 2.75) is 39.0 Å². The SMILES string of the molecule is CCCNC(=O)C(C)N(Cc1ccc(Cl)c(Cl)c1)C(=O)CN(c1cc(C(F)(F)F)ccc1Cl)S(C)(=O)=O. The summed E-state index contributed by atoms with van der Waals surface area (Å²) in [6.07, 6.45) is -3.41. The van der Waals surface area contributed by atoms with Crippen molar-refractivity contribution in [2.75, 3.05) is 23.7 Å². The van der Waals surface area contributed by atoms with E-state index in [0.29, 0.717) is 35.0 Å². The summed E-state index contributed by atoms with van der Waals surface area (Å²) in [6, 6.07) is 5.64. The molecule has 14 heteroatoms. The van der Waals surface area contributed by atoms with Gasteiger partial charge in [-0.25, -0.2) is 8.42 Å². The average molecular weight is 603 g/mol. The molecule has 2 amide bonds. The number of carbonyl (C=O) groups is 2. The Labute approximate surface area is 228 Å². The van der Waals surface area contributed by atoms with E-state index in [1.54, 1.807) is 6.07 Å². The summed E-state index contributed by atoms with van der Waals surface area (Å²) in [7, 11) is -4.28. The van der Waals surface area contributed by atoms with Gasteiger partial charge in [0.25, 0.3) is 0 Å². The Morgan fingerprint density at radius 3 is 2.19 bits per heavy atom. The fraction of sp³-hybridized carbons (Fsp3) is 0.391. The summed E-state index contributed by atoms with van der Waals surface area (Å²) < 4.78 is 65.6. The second-order valence-electron chi connectivity index (χ2n) is 8.17. The Hall–Kier alpha value is -2.21. The van der Waals surface area contributed by atoms with E-state index in [4.69, 9.17) is 34.8 Å². The Morgan fingerprint density at radius 2 is 1.65 bits per heavy atom. The first-order valence-corrected chi connectivity index (χ1v) is 13.9. The van der Waals surface area contributed by atoms with Crippen molar-refractivity contribution in [1.29, 1.82) is 0 Å². The summed E-state index contributed by atoms with van der Waals surface area (Å²) >= 11 is 18.1. The van der Waals surface area contributed by atoms with Gasteiger partial charge < -0.3 is 10.2 Å². The van der Waals surface area contributed by atoms with Crippen LogP contribution in [-0.4, -0.2) is 50.5 Å². The molecule has 0 aliphatic carbocycles. The molecule has 0 bridgehead atoms. The zero-order chi connectivity index (χ0) is 28.1. The molecule has 0 saturated carbocycles. The van der Waals surface area contributed by atoms with E-state index >= 15 is 0 Å². The predicted octanol–water partition coefficient (Wildman–Crippen LogP) is 5.38. The van der Waals surface area contributed by atoms with Crippen LogP contribution in [0.25, 0.3) is 0 Å².